The fourth-order valence-electron chi connectivity index (χ4n) is 5.46. The Balaban J connectivity index is 1.60. The first-order valence-electron chi connectivity index (χ1n) is 13.9. The fourth-order valence-corrected chi connectivity index (χ4v) is 5.46. The van der Waals surface area contributed by atoms with Gasteiger partial charge in [-0.05, 0) is 24.0 Å². The number of hydrogen-bond acceptors (Lipinski definition) is 4. The summed E-state index contributed by atoms with van der Waals surface area (Å²) in [5.74, 6) is 0. The van der Waals surface area contributed by atoms with E-state index in [4.69, 9.17) is 4.74 Å². The van der Waals surface area contributed by atoms with Gasteiger partial charge in [-0.1, -0.05) is 125 Å². The van der Waals surface area contributed by atoms with Crippen molar-refractivity contribution < 1.29 is 14.9 Å². The number of hydrogen-bond donors (Lipinski definition) is 2. The number of nitrogens with zero attached hydrogens (tertiary/aromatic N) is 1. The van der Waals surface area contributed by atoms with E-state index in [1.807, 2.05) is 12.1 Å². The molecule has 2 aromatic carbocycles. The SMILES string of the molecule is CCCCCCCCCCC[C@]1(CO)OCC[C@@H](N(Cc2ccccc2)Cc2ccccc2)[C@@H]1O. The first-order chi connectivity index (χ1) is 17.2. The van der Waals surface area contributed by atoms with Crippen molar-refractivity contribution in [2.45, 2.75) is 108 Å². The highest BCUT2D eigenvalue weighted by atomic mass is 16.5. The minimum atomic E-state index is -0.865. The molecule has 4 nitrogen and oxygen atoms in total. The molecule has 0 bridgehead atoms. The van der Waals surface area contributed by atoms with Gasteiger partial charge in [-0.15, -0.1) is 0 Å². The van der Waals surface area contributed by atoms with Crippen molar-refractivity contribution in [1.29, 1.82) is 0 Å². The van der Waals surface area contributed by atoms with Crippen molar-refractivity contribution in [1.82, 2.24) is 4.90 Å². The Morgan fingerprint density at radius 3 is 1.83 bits per heavy atom. The van der Waals surface area contributed by atoms with E-state index in [2.05, 4.69) is 60.4 Å². The Hall–Kier alpha value is -1.72. The summed E-state index contributed by atoms with van der Waals surface area (Å²) in [4.78, 5) is 2.37. The van der Waals surface area contributed by atoms with E-state index in [1.54, 1.807) is 0 Å². The van der Waals surface area contributed by atoms with Crippen LogP contribution in [0.1, 0.15) is 88.7 Å². The van der Waals surface area contributed by atoms with E-state index in [9.17, 15) is 10.2 Å². The number of rotatable bonds is 16. The zero-order valence-electron chi connectivity index (χ0n) is 21.8. The maximum atomic E-state index is 11.6. The standard InChI is InChI=1S/C31H47NO3/c1-2-3-4-5-6-7-8-9-16-22-31(26-33)30(34)29(21-23-35-31)32(24-27-17-12-10-13-18-27)25-28-19-14-11-15-20-28/h10-15,17-20,29-30,33-34H,2-9,16,21-26H2,1H3/t29-,30+,31-/m1/s1. The molecular formula is C31H47NO3. The highest BCUT2D eigenvalue weighted by Gasteiger charge is 2.47. The molecule has 2 aromatic rings. The zero-order chi connectivity index (χ0) is 24.8. The molecule has 0 aromatic heterocycles. The minimum Gasteiger partial charge on any atom is -0.393 e. The predicted octanol–water partition coefficient (Wildman–Crippen LogP) is 6.49. The number of unbranched alkanes of at least 4 members (excludes halogenated alkanes) is 8. The normalized spacial score (nSPS) is 22.5. The van der Waals surface area contributed by atoms with Gasteiger partial charge in [0.1, 0.15) is 11.7 Å². The third-order valence-corrected chi connectivity index (χ3v) is 7.60. The van der Waals surface area contributed by atoms with Crippen LogP contribution in [0.3, 0.4) is 0 Å². The van der Waals surface area contributed by atoms with Crippen LogP contribution >= 0.6 is 0 Å². The van der Waals surface area contributed by atoms with Crippen LogP contribution in [-0.2, 0) is 17.8 Å². The van der Waals surface area contributed by atoms with E-state index >= 15 is 0 Å². The summed E-state index contributed by atoms with van der Waals surface area (Å²) < 4.78 is 6.15. The van der Waals surface area contributed by atoms with Crippen molar-refractivity contribution >= 4 is 0 Å². The first-order valence-corrected chi connectivity index (χ1v) is 13.9. The number of aliphatic hydroxyl groups excluding tert-OH is 2. The van der Waals surface area contributed by atoms with E-state index in [0.29, 0.717) is 13.0 Å². The molecule has 194 valence electrons. The summed E-state index contributed by atoms with van der Waals surface area (Å²) in [5, 5.41) is 22.0. The average molecular weight is 482 g/mol. The van der Waals surface area contributed by atoms with Crippen molar-refractivity contribution in [2.24, 2.45) is 0 Å². The summed E-state index contributed by atoms with van der Waals surface area (Å²) in [7, 11) is 0. The van der Waals surface area contributed by atoms with Crippen LogP contribution in [0.15, 0.2) is 60.7 Å². The molecule has 0 unspecified atom stereocenters. The molecule has 35 heavy (non-hydrogen) atoms. The number of aliphatic hydroxyl groups is 2. The maximum Gasteiger partial charge on any atom is 0.118 e. The quantitative estimate of drug-likeness (QED) is 0.269. The zero-order valence-corrected chi connectivity index (χ0v) is 21.8. The maximum absolute atomic E-state index is 11.6. The Labute approximate surface area is 213 Å². The molecule has 0 aliphatic carbocycles. The lowest BCUT2D eigenvalue weighted by Crippen LogP contribution is -2.61. The van der Waals surface area contributed by atoms with Crippen LogP contribution in [0, 0.1) is 0 Å². The molecule has 1 aliphatic rings. The molecular weight excluding hydrogens is 434 g/mol. The molecule has 1 fully saturated rings. The molecule has 1 aliphatic heterocycles. The summed E-state index contributed by atoms with van der Waals surface area (Å²) in [6, 6.07) is 20.9. The topological polar surface area (TPSA) is 52.9 Å². The lowest BCUT2D eigenvalue weighted by atomic mass is 9.82. The van der Waals surface area contributed by atoms with E-state index in [0.717, 1.165) is 32.4 Å². The van der Waals surface area contributed by atoms with Crippen molar-refractivity contribution in [3.8, 4) is 0 Å². The number of benzene rings is 2. The highest BCUT2D eigenvalue weighted by molar-refractivity contribution is 5.18. The summed E-state index contributed by atoms with van der Waals surface area (Å²) in [6.07, 6.45) is 12.0. The minimum absolute atomic E-state index is 0.0603. The lowest BCUT2D eigenvalue weighted by molar-refractivity contribution is -0.206. The third-order valence-electron chi connectivity index (χ3n) is 7.60. The van der Waals surface area contributed by atoms with Crippen LogP contribution in [0.25, 0.3) is 0 Å². The van der Waals surface area contributed by atoms with Crippen LogP contribution in [0.4, 0.5) is 0 Å². The number of ether oxygens (including phenoxy) is 1. The van der Waals surface area contributed by atoms with Gasteiger partial charge in [0, 0.05) is 25.7 Å². The molecule has 0 saturated carbocycles. The molecule has 0 radical (unpaired) electrons. The van der Waals surface area contributed by atoms with Gasteiger partial charge in [-0.25, -0.2) is 0 Å². The van der Waals surface area contributed by atoms with Crippen molar-refractivity contribution in [3.05, 3.63) is 71.8 Å². The van der Waals surface area contributed by atoms with Gasteiger partial charge in [0.15, 0.2) is 0 Å². The largest absolute Gasteiger partial charge is 0.393 e. The van der Waals surface area contributed by atoms with Gasteiger partial charge < -0.3 is 14.9 Å². The van der Waals surface area contributed by atoms with Crippen LogP contribution < -0.4 is 0 Å². The van der Waals surface area contributed by atoms with Crippen LogP contribution in [0.2, 0.25) is 0 Å². The van der Waals surface area contributed by atoms with Gasteiger partial charge in [0.05, 0.1) is 6.61 Å². The first kappa shape index (κ1) is 27.9. The second-order valence-electron chi connectivity index (χ2n) is 10.3. The fraction of sp³-hybridized carbons (Fsp3) is 0.613. The van der Waals surface area contributed by atoms with E-state index in [1.165, 1.54) is 56.1 Å². The van der Waals surface area contributed by atoms with Gasteiger partial charge >= 0.3 is 0 Å². The summed E-state index contributed by atoms with van der Waals surface area (Å²) in [5.41, 5.74) is 1.60. The van der Waals surface area contributed by atoms with Crippen LogP contribution in [0.5, 0.6) is 0 Å². The molecule has 3 rings (SSSR count). The molecule has 1 saturated heterocycles. The lowest BCUT2D eigenvalue weighted by Gasteiger charge is -2.48. The van der Waals surface area contributed by atoms with Gasteiger partial charge in [0.25, 0.3) is 0 Å². The monoisotopic (exact) mass is 481 g/mol. The molecule has 0 spiro atoms. The Bertz CT molecular complexity index is 758. The Morgan fingerprint density at radius 2 is 1.31 bits per heavy atom. The Morgan fingerprint density at radius 1 is 0.800 bits per heavy atom. The average Bonchev–Trinajstić information content (AvgIpc) is 2.89. The predicted molar refractivity (Wildman–Crippen MR) is 144 cm³/mol. The summed E-state index contributed by atoms with van der Waals surface area (Å²) in [6.45, 7) is 4.21. The van der Waals surface area contributed by atoms with Crippen molar-refractivity contribution in [2.75, 3.05) is 13.2 Å². The highest BCUT2D eigenvalue weighted by Crippen LogP contribution is 2.34. The smallest absolute Gasteiger partial charge is 0.118 e. The van der Waals surface area contributed by atoms with Gasteiger partial charge in [0.2, 0.25) is 0 Å². The molecule has 4 heteroatoms. The molecule has 2 N–H and O–H groups in total. The molecule has 3 atom stereocenters. The van der Waals surface area contributed by atoms with Crippen LogP contribution in [-0.4, -0.2) is 46.1 Å². The third kappa shape index (κ3) is 8.71. The Kier molecular flexibility index (Phi) is 12.3. The molecule has 0 amide bonds. The van der Waals surface area contributed by atoms with E-state index in [-0.39, 0.29) is 12.6 Å². The second-order valence-corrected chi connectivity index (χ2v) is 10.3. The molecule has 1 heterocycles. The van der Waals surface area contributed by atoms with E-state index < -0.39 is 11.7 Å². The van der Waals surface area contributed by atoms with Gasteiger partial charge in [-0.2, -0.15) is 0 Å². The second kappa shape index (κ2) is 15.4. The van der Waals surface area contributed by atoms with Gasteiger partial charge in [-0.3, -0.25) is 4.90 Å². The van der Waals surface area contributed by atoms with Crippen molar-refractivity contribution in [3.63, 3.8) is 0 Å². The summed E-state index contributed by atoms with van der Waals surface area (Å²) >= 11 is 0.